The molecular weight excluding hydrogens is 443 g/mol. The Kier molecular flexibility index (Phi) is 11.5. The van der Waals surface area contributed by atoms with Crippen molar-refractivity contribution in [2.45, 2.75) is 85.4 Å². The number of halogens is 9. The van der Waals surface area contributed by atoms with Crippen LogP contribution in [-0.2, 0) is 9.53 Å². The van der Waals surface area contributed by atoms with Crippen molar-refractivity contribution in [2.24, 2.45) is 29.1 Å². The van der Waals surface area contributed by atoms with Crippen molar-refractivity contribution in [1.82, 2.24) is 0 Å². The van der Waals surface area contributed by atoms with Gasteiger partial charge in [0.05, 0.1) is 6.67 Å². The van der Waals surface area contributed by atoms with E-state index in [4.69, 9.17) is 4.74 Å². The van der Waals surface area contributed by atoms with Gasteiger partial charge in [-0.1, -0.05) is 13.8 Å². The standard InChI is InChI=1S/C15H23F3O2.C3H4F4.C2H5F.FH/c1-8-9(2)11-6-10(8)7-14(11,15(16,17)18)12(19)20-13(3,4)5;1-2(4)3(5,6)7;1-2-3;/h8-11H,6-7H2,1-5H3;2H,1H3;2H2,1H3;1H. The molecule has 0 amide bonds. The lowest BCUT2D eigenvalue weighted by atomic mass is 9.65. The molecule has 11 heteroatoms. The average Bonchev–Trinajstić information content (AvgIpc) is 3.04. The predicted octanol–water partition coefficient (Wildman–Crippen LogP) is 7.22. The maximum atomic E-state index is 13.7. The van der Waals surface area contributed by atoms with Crippen LogP contribution < -0.4 is 0 Å². The van der Waals surface area contributed by atoms with Gasteiger partial charge in [-0.05, 0) is 71.1 Å². The van der Waals surface area contributed by atoms with Crippen LogP contribution in [-0.4, -0.2) is 36.8 Å². The van der Waals surface area contributed by atoms with Crippen molar-refractivity contribution in [3.8, 4) is 0 Å². The SMILES string of the molecule is CC(F)C(F)(F)F.CC1C2CC(C1C)C(C(=O)OC(C)(C)C)(C(F)(F)F)C2.CCF.F. The van der Waals surface area contributed by atoms with Crippen LogP contribution in [0.25, 0.3) is 0 Å². The van der Waals surface area contributed by atoms with Crippen LogP contribution >= 0.6 is 0 Å². The van der Waals surface area contributed by atoms with Crippen LogP contribution in [0.2, 0.25) is 0 Å². The Balaban J connectivity index is 0. The molecule has 2 bridgehead atoms. The lowest BCUT2D eigenvalue weighted by Crippen LogP contribution is -2.54. The Labute approximate surface area is 177 Å². The van der Waals surface area contributed by atoms with E-state index in [2.05, 4.69) is 0 Å². The largest absolute Gasteiger partial charge is 0.459 e. The first-order valence-electron chi connectivity index (χ1n) is 9.83. The minimum absolute atomic E-state index is 0. The monoisotopic (exact) mass is 476 g/mol. The highest BCUT2D eigenvalue weighted by atomic mass is 19.4. The maximum Gasteiger partial charge on any atom is 0.419 e. The van der Waals surface area contributed by atoms with Crippen LogP contribution in [0.15, 0.2) is 0 Å². The van der Waals surface area contributed by atoms with E-state index in [1.807, 2.05) is 13.8 Å². The summed E-state index contributed by atoms with van der Waals surface area (Å²) in [5.74, 6) is -1.59. The third kappa shape index (κ3) is 7.73. The number of hydrogen-bond donors (Lipinski definition) is 0. The van der Waals surface area contributed by atoms with E-state index in [9.17, 15) is 39.9 Å². The lowest BCUT2D eigenvalue weighted by molar-refractivity contribution is -0.258. The molecule has 2 fully saturated rings. The summed E-state index contributed by atoms with van der Waals surface area (Å²) >= 11 is 0. The molecule has 2 saturated carbocycles. The van der Waals surface area contributed by atoms with Gasteiger partial charge < -0.3 is 4.74 Å². The Morgan fingerprint density at radius 2 is 1.45 bits per heavy atom. The minimum Gasteiger partial charge on any atom is -0.459 e. The molecule has 0 spiro atoms. The highest BCUT2D eigenvalue weighted by Gasteiger charge is 2.73. The third-order valence-corrected chi connectivity index (χ3v) is 5.70. The second kappa shape index (κ2) is 11.1. The fourth-order valence-electron chi connectivity index (χ4n) is 4.08. The highest BCUT2D eigenvalue weighted by Crippen LogP contribution is 2.66. The zero-order valence-electron chi connectivity index (χ0n) is 18.8. The van der Waals surface area contributed by atoms with Crippen LogP contribution in [0, 0.1) is 29.1 Å². The summed E-state index contributed by atoms with van der Waals surface area (Å²) in [6.45, 7) is 10.3. The van der Waals surface area contributed by atoms with Crippen molar-refractivity contribution in [1.29, 1.82) is 0 Å². The Bertz CT molecular complexity index is 550. The van der Waals surface area contributed by atoms with E-state index in [0.29, 0.717) is 13.3 Å². The van der Waals surface area contributed by atoms with Crippen molar-refractivity contribution < 1.29 is 49.4 Å². The topological polar surface area (TPSA) is 26.3 Å². The first-order valence-corrected chi connectivity index (χ1v) is 9.83. The van der Waals surface area contributed by atoms with E-state index in [1.165, 1.54) is 6.92 Å². The summed E-state index contributed by atoms with van der Waals surface area (Å²) < 4.78 is 100. The predicted molar refractivity (Wildman–Crippen MR) is 99.7 cm³/mol. The van der Waals surface area contributed by atoms with Gasteiger partial charge in [-0.25, -0.2) is 4.39 Å². The molecule has 0 heterocycles. The number of esters is 1. The van der Waals surface area contributed by atoms with Crippen LogP contribution in [0.5, 0.6) is 0 Å². The maximum absolute atomic E-state index is 13.7. The molecule has 0 saturated heterocycles. The second-order valence-corrected chi connectivity index (χ2v) is 8.92. The quantitative estimate of drug-likeness (QED) is 0.295. The molecule has 0 aliphatic heterocycles. The molecule has 188 valence electrons. The number of ether oxygens (including phenoxy) is 1. The van der Waals surface area contributed by atoms with Crippen molar-refractivity contribution >= 4 is 5.97 Å². The number of fused-ring (bicyclic) bond motifs is 2. The molecule has 31 heavy (non-hydrogen) atoms. The highest BCUT2D eigenvalue weighted by molar-refractivity contribution is 5.79. The summed E-state index contributed by atoms with van der Waals surface area (Å²) in [6.07, 6.45) is -11.5. The first kappa shape index (κ1) is 32.0. The van der Waals surface area contributed by atoms with Crippen LogP contribution in [0.3, 0.4) is 0 Å². The van der Waals surface area contributed by atoms with Gasteiger partial charge in [-0.15, -0.1) is 0 Å². The van der Waals surface area contributed by atoms with Crippen LogP contribution in [0.4, 0.5) is 39.8 Å². The van der Waals surface area contributed by atoms with Crippen molar-refractivity contribution in [3.05, 3.63) is 0 Å². The molecule has 0 aromatic heterocycles. The van der Waals surface area contributed by atoms with Gasteiger partial charge in [-0.2, -0.15) is 26.3 Å². The molecular formula is C20H33F9O2. The van der Waals surface area contributed by atoms with Gasteiger partial charge in [0.25, 0.3) is 0 Å². The fourth-order valence-corrected chi connectivity index (χ4v) is 4.08. The van der Waals surface area contributed by atoms with Crippen molar-refractivity contribution in [3.63, 3.8) is 0 Å². The van der Waals surface area contributed by atoms with E-state index in [-0.39, 0.29) is 35.6 Å². The zero-order chi connectivity index (χ0) is 24.3. The third-order valence-electron chi connectivity index (χ3n) is 5.70. The molecule has 0 radical (unpaired) electrons. The number of hydrogen-bond acceptors (Lipinski definition) is 2. The van der Waals surface area contributed by atoms with Crippen molar-refractivity contribution in [2.75, 3.05) is 6.67 Å². The molecule has 0 N–H and O–H groups in total. The molecule has 6 atom stereocenters. The van der Waals surface area contributed by atoms with Gasteiger partial charge >= 0.3 is 18.3 Å². The number of alkyl halides is 8. The molecule has 2 aliphatic carbocycles. The summed E-state index contributed by atoms with van der Waals surface area (Å²) in [5.41, 5.74) is -3.19. The van der Waals surface area contributed by atoms with Gasteiger partial charge in [-0.3, -0.25) is 13.9 Å². The molecule has 6 unspecified atom stereocenters. The number of carbonyl (C=O) groups excluding carboxylic acids is 1. The van der Waals surface area contributed by atoms with E-state index in [1.54, 1.807) is 20.8 Å². The van der Waals surface area contributed by atoms with E-state index >= 15 is 0 Å². The normalized spacial score (nSPS) is 30.8. The van der Waals surface area contributed by atoms with Gasteiger partial charge in [0, 0.05) is 0 Å². The molecule has 0 aromatic rings. The molecule has 2 rings (SSSR count). The minimum atomic E-state index is -4.67. The molecule has 2 nitrogen and oxygen atoms in total. The van der Waals surface area contributed by atoms with Gasteiger partial charge in [0.1, 0.15) is 5.60 Å². The smallest absolute Gasteiger partial charge is 0.419 e. The second-order valence-electron chi connectivity index (χ2n) is 8.92. The molecule has 0 aromatic carbocycles. The average molecular weight is 476 g/mol. The molecule has 2 aliphatic rings. The van der Waals surface area contributed by atoms with Crippen LogP contribution in [0.1, 0.15) is 61.3 Å². The first-order chi connectivity index (χ1) is 13.3. The number of rotatable bonds is 1. The Morgan fingerprint density at radius 1 is 1.06 bits per heavy atom. The van der Waals surface area contributed by atoms with Gasteiger partial charge in [0.2, 0.25) is 0 Å². The van der Waals surface area contributed by atoms with E-state index in [0.717, 1.165) is 0 Å². The summed E-state index contributed by atoms with van der Waals surface area (Å²) in [4.78, 5) is 12.3. The summed E-state index contributed by atoms with van der Waals surface area (Å²) in [7, 11) is 0. The summed E-state index contributed by atoms with van der Waals surface area (Å²) in [5, 5.41) is 0. The van der Waals surface area contributed by atoms with E-state index < -0.39 is 41.4 Å². The summed E-state index contributed by atoms with van der Waals surface area (Å²) in [6, 6.07) is 0. The number of carbonyl (C=O) groups is 1. The fraction of sp³-hybridized carbons (Fsp3) is 0.950. The lowest BCUT2D eigenvalue weighted by Gasteiger charge is -2.43. The Hall–Kier alpha value is -1.16. The Morgan fingerprint density at radius 3 is 1.68 bits per heavy atom. The van der Waals surface area contributed by atoms with Gasteiger partial charge in [0.15, 0.2) is 11.6 Å². The zero-order valence-corrected chi connectivity index (χ0v) is 18.8.